The molecule has 0 aliphatic rings. The molecule has 4 nitrogen and oxygen atoms in total. The molecule has 0 amide bonds. The number of hydrogen-bond donors (Lipinski definition) is 1. The highest BCUT2D eigenvalue weighted by Crippen LogP contribution is 2.08. The van der Waals surface area contributed by atoms with Gasteiger partial charge in [-0.05, 0) is 0 Å². The zero-order valence-corrected chi connectivity index (χ0v) is 7.98. The lowest BCUT2D eigenvalue weighted by atomic mass is 10.5. The zero-order chi connectivity index (χ0) is 9.68. The number of anilines is 1. The molecule has 0 aliphatic heterocycles. The number of rotatable bonds is 5. The molecule has 72 valence electrons. The molecular weight excluding hydrogens is 164 g/mol. The highest BCUT2D eigenvalue weighted by Gasteiger charge is 2.05. The van der Waals surface area contributed by atoms with Crippen molar-refractivity contribution >= 4 is 5.95 Å². The minimum Gasteiger partial charge on any atom is -0.344 e. The molecule has 13 heavy (non-hydrogen) atoms. The molecule has 1 aromatic heterocycles. The van der Waals surface area contributed by atoms with Gasteiger partial charge < -0.3 is 15.2 Å². The van der Waals surface area contributed by atoms with Crippen molar-refractivity contribution in [2.75, 3.05) is 25.0 Å². The van der Waals surface area contributed by atoms with Gasteiger partial charge in [0.25, 0.3) is 0 Å². The number of allylic oxidation sites excluding steroid dienone is 1. The SMILES string of the molecule is C=CCn1ccnc1N(C)CCN. The van der Waals surface area contributed by atoms with E-state index < -0.39 is 0 Å². The number of nitrogens with zero attached hydrogens (tertiary/aromatic N) is 3. The Labute approximate surface area is 78.7 Å². The number of aromatic nitrogens is 2. The Hall–Kier alpha value is -1.29. The molecule has 0 bridgehead atoms. The predicted octanol–water partition coefficient (Wildman–Crippen LogP) is 0.464. The molecule has 0 unspecified atom stereocenters. The Bertz CT molecular complexity index is 266. The summed E-state index contributed by atoms with van der Waals surface area (Å²) in [4.78, 5) is 6.27. The molecule has 0 atom stereocenters. The third-order valence-electron chi connectivity index (χ3n) is 1.83. The van der Waals surface area contributed by atoms with Gasteiger partial charge in [0.05, 0.1) is 0 Å². The van der Waals surface area contributed by atoms with Crippen molar-refractivity contribution < 1.29 is 0 Å². The van der Waals surface area contributed by atoms with Gasteiger partial charge in [-0.15, -0.1) is 6.58 Å². The van der Waals surface area contributed by atoms with Crippen LogP contribution in [0.25, 0.3) is 0 Å². The molecule has 0 saturated carbocycles. The smallest absolute Gasteiger partial charge is 0.205 e. The maximum Gasteiger partial charge on any atom is 0.205 e. The highest BCUT2D eigenvalue weighted by atomic mass is 15.3. The van der Waals surface area contributed by atoms with Crippen LogP contribution in [-0.4, -0.2) is 29.7 Å². The molecule has 1 aromatic rings. The quantitative estimate of drug-likeness (QED) is 0.670. The molecule has 4 heteroatoms. The minimum absolute atomic E-state index is 0.636. The number of likely N-dealkylation sites (N-methyl/N-ethyl adjacent to an activating group) is 1. The fourth-order valence-corrected chi connectivity index (χ4v) is 1.21. The summed E-state index contributed by atoms with van der Waals surface area (Å²) in [6.45, 7) is 5.92. The summed E-state index contributed by atoms with van der Waals surface area (Å²) in [6, 6.07) is 0. The van der Waals surface area contributed by atoms with Gasteiger partial charge in [-0.25, -0.2) is 4.98 Å². The van der Waals surface area contributed by atoms with Gasteiger partial charge >= 0.3 is 0 Å². The topological polar surface area (TPSA) is 47.1 Å². The van der Waals surface area contributed by atoms with E-state index in [1.807, 2.05) is 28.8 Å². The van der Waals surface area contributed by atoms with E-state index in [1.165, 1.54) is 0 Å². The first-order chi connectivity index (χ1) is 6.29. The summed E-state index contributed by atoms with van der Waals surface area (Å²) in [6.07, 6.45) is 5.57. The summed E-state index contributed by atoms with van der Waals surface area (Å²) in [7, 11) is 1.98. The van der Waals surface area contributed by atoms with Gasteiger partial charge in [-0.2, -0.15) is 0 Å². The second-order valence-electron chi connectivity index (χ2n) is 2.88. The molecule has 0 fully saturated rings. The van der Waals surface area contributed by atoms with E-state index >= 15 is 0 Å². The van der Waals surface area contributed by atoms with Crippen LogP contribution in [0.1, 0.15) is 0 Å². The maximum atomic E-state index is 5.46. The first kappa shape index (κ1) is 9.80. The Morgan fingerprint density at radius 2 is 2.54 bits per heavy atom. The zero-order valence-electron chi connectivity index (χ0n) is 7.98. The van der Waals surface area contributed by atoms with Crippen molar-refractivity contribution in [3.8, 4) is 0 Å². The minimum atomic E-state index is 0.636. The van der Waals surface area contributed by atoms with E-state index in [1.54, 1.807) is 6.20 Å². The fraction of sp³-hybridized carbons (Fsp3) is 0.444. The summed E-state index contributed by atoms with van der Waals surface area (Å²) in [5.41, 5.74) is 5.46. The Kier molecular flexibility index (Phi) is 3.52. The highest BCUT2D eigenvalue weighted by molar-refractivity contribution is 5.29. The average Bonchev–Trinajstić information content (AvgIpc) is 2.54. The second-order valence-corrected chi connectivity index (χ2v) is 2.88. The Balaban J connectivity index is 2.73. The van der Waals surface area contributed by atoms with E-state index in [9.17, 15) is 0 Å². The van der Waals surface area contributed by atoms with Crippen LogP contribution in [0.15, 0.2) is 25.0 Å². The van der Waals surface area contributed by atoms with Crippen LogP contribution in [0.4, 0.5) is 5.95 Å². The van der Waals surface area contributed by atoms with Crippen LogP contribution >= 0.6 is 0 Å². The van der Waals surface area contributed by atoms with E-state index in [-0.39, 0.29) is 0 Å². The first-order valence-electron chi connectivity index (χ1n) is 4.32. The third-order valence-corrected chi connectivity index (χ3v) is 1.83. The Morgan fingerprint density at radius 3 is 3.15 bits per heavy atom. The summed E-state index contributed by atoms with van der Waals surface area (Å²) in [5, 5.41) is 0. The molecule has 0 spiro atoms. The third kappa shape index (κ3) is 2.32. The normalized spacial score (nSPS) is 10.0. The lowest BCUT2D eigenvalue weighted by Gasteiger charge is -2.17. The van der Waals surface area contributed by atoms with E-state index in [0.717, 1.165) is 19.0 Å². The van der Waals surface area contributed by atoms with Crippen LogP contribution in [0.3, 0.4) is 0 Å². The number of hydrogen-bond acceptors (Lipinski definition) is 3. The molecule has 2 N–H and O–H groups in total. The van der Waals surface area contributed by atoms with Crippen molar-refractivity contribution in [3.63, 3.8) is 0 Å². The average molecular weight is 180 g/mol. The number of nitrogens with two attached hydrogens (primary N) is 1. The van der Waals surface area contributed by atoms with Gasteiger partial charge in [0.2, 0.25) is 5.95 Å². The van der Waals surface area contributed by atoms with Crippen LogP contribution < -0.4 is 10.6 Å². The predicted molar refractivity (Wildman–Crippen MR) is 54.7 cm³/mol. The molecular formula is C9H16N4. The lowest BCUT2D eigenvalue weighted by molar-refractivity contribution is 0.760. The van der Waals surface area contributed by atoms with E-state index in [2.05, 4.69) is 11.6 Å². The van der Waals surface area contributed by atoms with Crippen LogP contribution in [0.2, 0.25) is 0 Å². The standard InChI is InChI=1S/C9H16N4/c1-3-6-13-8-5-11-9(13)12(2)7-4-10/h3,5,8H,1,4,6-7,10H2,2H3. The fourth-order valence-electron chi connectivity index (χ4n) is 1.21. The molecule has 1 heterocycles. The van der Waals surface area contributed by atoms with Gasteiger partial charge in [-0.1, -0.05) is 6.08 Å². The van der Waals surface area contributed by atoms with Gasteiger partial charge in [0.1, 0.15) is 0 Å². The molecule has 0 aliphatic carbocycles. The van der Waals surface area contributed by atoms with Crippen LogP contribution in [0.5, 0.6) is 0 Å². The van der Waals surface area contributed by atoms with E-state index in [0.29, 0.717) is 6.54 Å². The molecule has 0 radical (unpaired) electrons. The second kappa shape index (κ2) is 4.67. The number of imidazole rings is 1. The van der Waals surface area contributed by atoms with Crippen LogP contribution in [-0.2, 0) is 6.54 Å². The van der Waals surface area contributed by atoms with Crippen molar-refractivity contribution in [3.05, 3.63) is 25.0 Å². The molecule has 0 saturated heterocycles. The lowest BCUT2D eigenvalue weighted by Crippen LogP contribution is -2.27. The summed E-state index contributed by atoms with van der Waals surface area (Å²) in [5.74, 6) is 0.936. The first-order valence-corrected chi connectivity index (χ1v) is 4.32. The van der Waals surface area contributed by atoms with Crippen molar-refractivity contribution in [1.29, 1.82) is 0 Å². The largest absolute Gasteiger partial charge is 0.344 e. The van der Waals surface area contributed by atoms with Crippen molar-refractivity contribution in [2.45, 2.75) is 6.54 Å². The Morgan fingerprint density at radius 1 is 1.77 bits per heavy atom. The van der Waals surface area contributed by atoms with Crippen molar-refractivity contribution in [2.24, 2.45) is 5.73 Å². The maximum absolute atomic E-state index is 5.46. The monoisotopic (exact) mass is 180 g/mol. The summed E-state index contributed by atoms with van der Waals surface area (Å²) < 4.78 is 2.03. The van der Waals surface area contributed by atoms with Gasteiger partial charge in [0, 0.05) is 39.1 Å². The van der Waals surface area contributed by atoms with Gasteiger partial charge in [0.15, 0.2) is 0 Å². The molecule has 1 rings (SSSR count). The summed E-state index contributed by atoms with van der Waals surface area (Å²) >= 11 is 0. The van der Waals surface area contributed by atoms with Crippen LogP contribution in [0, 0.1) is 0 Å². The van der Waals surface area contributed by atoms with Crippen molar-refractivity contribution in [1.82, 2.24) is 9.55 Å². The molecule has 0 aromatic carbocycles. The van der Waals surface area contributed by atoms with Gasteiger partial charge in [-0.3, -0.25) is 0 Å². The van der Waals surface area contributed by atoms with E-state index in [4.69, 9.17) is 5.73 Å².